The molecule has 1 atom stereocenters. The summed E-state index contributed by atoms with van der Waals surface area (Å²) >= 11 is 0. The van der Waals surface area contributed by atoms with Gasteiger partial charge in [-0.25, -0.2) is 0 Å². The summed E-state index contributed by atoms with van der Waals surface area (Å²) in [5.74, 6) is 0.686. The molecular formula is C27H29N3O4. The minimum absolute atomic E-state index is 0.00615. The fraction of sp³-hybridized carbons (Fsp3) is 0.370. The zero-order valence-corrected chi connectivity index (χ0v) is 19.4. The lowest BCUT2D eigenvalue weighted by Crippen LogP contribution is -2.40. The fourth-order valence-electron chi connectivity index (χ4n) is 4.33. The van der Waals surface area contributed by atoms with Crippen LogP contribution >= 0.6 is 0 Å². The van der Waals surface area contributed by atoms with E-state index in [0.717, 1.165) is 11.1 Å². The number of aromatic nitrogens is 1. The van der Waals surface area contributed by atoms with Gasteiger partial charge in [0.25, 0.3) is 5.91 Å². The number of hydrogen-bond acceptors (Lipinski definition) is 5. The Hall–Kier alpha value is -3.45. The van der Waals surface area contributed by atoms with Crippen molar-refractivity contribution in [3.63, 3.8) is 0 Å². The van der Waals surface area contributed by atoms with E-state index in [-0.39, 0.29) is 24.5 Å². The number of ether oxygens (including phenoxy) is 1. The Morgan fingerprint density at radius 3 is 2.47 bits per heavy atom. The van der Waals surface area contributed by atoms with Crippen molar-refractivity contribution in [1.82, 2.24) is 15.0 Å². The van der Waals surface area contributed by atoms with E-state index in [0.29, 0.717) is 49.2 Å². The van der Waals surface area contributed by atoms with Crippen LogP contribution in [0.15, 0.2) is 65.2 Å². The molecule has 7 nitrogen and oxygen atoms in total. The maximum atomic E-state index is 13.7. The first kappa shape index (κ1) is 22.3. The number of amides is 2. The molecule has 1 saturated heterocycles. The number of nitrogens with zero attached hydrogens (tertiary/aromatic N) is 3. The number of aryl methyl sites for hydroxylation is 1. The Morgan fingerprint density at radius 2 is 1.76 bits per heavy atom. The summed E-state index contributed by atoms with van der Waals surface area (Å²) in [5, 5.41) is 4.15. The van der Waals surface area contributed by atoms with Gasteiger partial charge in [-0.2, -0.15) is 0 Å². The quantitative estimate of drug-likeness (QED) is 0.535. The van der Waals surface area contributed by atoms with Gasteiger partial charge in [0.05, 0.1) is 6.10 Å². The Balaban J connectivity index is 1.40. The van der Waals surface area contributed by atoms with E-state index in [1.165, 1.54) is 12.8 Å². The van der Waals surface area contributed by atoms with E-state index in [9.17, 15) is 9.59 Å². The lowest BCUT2D eigenvalue weighted by molar-refractivity contribution is -0.132. The van der Waals surface area contributed by atoms with E-state index in [2.05, 4.69) is 5.16 Å². The van der Waals surface area contributed by atoms with Crippen molar-refractivity contribution in [3.8, 4) is 11.3 Å². The average molecular weight is 460 g/mol. The van der Waals surface area contributed by atoms with Gasteiger partial charge in [-0.15, -0.1) is 0 Å². The van der Waals surface area contributed by atoms with Gasteiger partial charge >= 0.3 is 0 Å². The smallest absolute Gasteiger partial charge is 0.260 e. The molecule has 2 aliphatic rings. The molecule has 3 aromatic rings. The van der Waals surface area contributed by atoms with Crippen LogP contribution in [0.2, 0.25) is 0 Å². The molecule has 2 heterocycles. The third-order valence-electron chi connectivity index (χ3n) is 6.42. The van der Waals surface area contributed by atoms with Crippen LogP contribution in [0.5, 0.6) is 0 Å². The van der Waals surface area contributed by atoms with E-state index in [1.807, 2.05) is 60.7 Å². The van der Waals surface area contributed by atoms with E-state index in [1.54, 1.807) is 16.7 Å². The summed E-state index contributed by atoms with van der Waals surface area (Å²) in [5.41, 5.74) is 2.75. The Bertz CT molecular complexity index is 1140. The average Bonchev–Trinajstić information content (AvgIpc) is 3.63. The molecule has 0 radical (unpaired) electrons. The Morgan fingerprint density at radius 1 is 1.06 bits per heavy atom. The van der Waals surface area contributed by atoms with Crippen LogP contribution in [0.4, 0.5) is 0 Å². The van der Waals surface area contributed by atoms with Crippen molar-refractivity contribution in [2.45, 2.75) is 32.4 Å². The summed E-state index contributed by atoms with van der Waals surface area (Å²) in [4.78, 5) is 30.4. The number of carbonyl (C=O) groups is 2. The summed E-state index contributed by atoms with van der Waals surface area (Å²) in [6.07, 6.45) is 2.12. The van der Waals surface area contributed by atoms with Gasteiger partial charge in [0.2, 0.25) is 5.91 Å². The molecule has 1 aromatic heterocycles. The van der Waals surface area contributed by atoms with Crippen molar-refractivity contribution in [3.05, 3.63) is 77.6 Å². The molecule has 5 rings (SSSR count). The van der Waals surface area contributed by atoms with Crippen LogP contribution in [-0.4, -0.2) is 59.1 Å². The predicted molar refractivity (Wildman–Crippen MR) is 127 cm³/mol. The van der Waals surface area contributed by atoms with Crippen LogP contribution < -0.4 is 0 Å². The van der Waals surface area contributed by atoms with Crippen molar-refractivity contribution in [2.24, 2.45) is 5.92 Å². The zero-order chi connectivity index (χ0) is 23.5. The highest BCUT2D eigenvalue weighted by Crippen LogP contribution is 2.30. The number of rotatable bonds is 7. The van der Waals surface area contributed by atoms with Gasteiger partial charge in [0.15, 0.2) is 0 Å². The fourth-order valence-corrected chi connectivity index (χ4v) is 4.33. The number of hydrogen-bond donors (Lipinski definition) is 0. The summed E-state index contributed by atoms with van der Waals surface area (Å²) in [6.45, 7) is 3.69. The molecule has 176 valence electrons. The van der Waals surface area contributed by atoms with Crippen LogP contribution in [0.1, 0.15) is 34.5 Å². The molecule has 0 N–H and O–H groups in total. The minimum atomic E-state index is -0.257. The molecule has 34 heavy (non-hydrogen) atoms. The van der Waals surface area contributed by atoms with E-state index >= 15 is 0 Å². The Labute approximate surface area is 199 Å². The maximum absolute atomic E-state index is 13.7. The first-order chi connectivity index (χ1) is 16.6. The summed E-state index contributed by atoms with van der Waals surface area (Å²) in [6, 6.07) is 19.4. The monoisotopic (exact) mass is 459 g/mol. The molecule has 1 saturated carbocycles. The van der Waals surface area contributed by atoms with Crippen molar-refractivity contribution in [2.75, 3.05) is 26.2 Å². The first-order valence-electron chi connectivity index (χ1n) is 11.8. The standard InChI is InChI=1S/C27H29N3O4/c1-19-25(26(28-34-19)22-10-6-3-7-11-22)27(32)30-16-23(33-18-21-12-13-21)15-29(24(31)17-30)14-20-8-4-2-5-9-20/h2-11,21,23H,12-18H2,1H3/t23-/m1/s1. The molecule has 2 aromatic carbocycles. The zero-order valence-electron chi connectivity index (χ0n) is 19.4. The summed E-state index contributed by atoms with van der Waals surface area (Å²) < 4.78 is 11.6. The van der Waals surface area contributed by atoms with Crippen LogP contribution in [0.3, 0.4) is 0 Å². The molecule has 1 aliphatic heterocycles. The van der Waals surface area contributed by atoms with Crippen molar-refractivity contribution >= 4 is 11.8 Å². The summed E-state index contributed by atoms with van der Waals surface area (Å²) in [7, 11) is 0. The maximum Gasteiger partial charge on any atom is 0.260 e. The molecule has 2 amide bonds. The second-order valence-corrected chi connectivity index (χ2v) is 9.17. The molecule has 1 aliphatic carbocycles. The van der Waals surface area contributed by atoms with Crippen LogP contribution in [-0.2, 0) is 16.1 Å². The van der Waals surface area contributed by atoms with Crippen molar-refractivity contribution < 1.29 is 18.8 Å². The van der Waals surface area contributed by atoms with Gasteiger partial charge in [-0.05, 0) is 31.2 Å². The first-order valence-corrected chi connectivity index (χ1v) is 11.8. The van der Waals surface area contributed by atoms with E-state index in [4.69, 9.17) is 9.26 Å². The van der Waals surface area contributed by atoms with Crippen LogP contribution in [0.25, 0.3) is 11.3 Å². The molecule has 0 bridgehead atoms. The highest BCUT2D eigenvalue weighted by Gasteiger charge is 2.35. The topological polar surface area (TPSA) is 75.9 Å². The Kier molecular flexibility index (Phi) is 6.45. The lowest BCUT2D eigenvalue weighted by Gasteiger charge is -2.25. The third kappa shape index (κ3) is 5.04. The van der Waals surface area contributed by atoms with Crippen molar-refractivity contribution in [1.29, 1.82) is 0 Å². The number of carbonyl (C=O) groups excluding carboxylic acids is 2. The van der Waals surface area contributed by atoms with E-state index < -0.39 is 0 Å². The van der Waals surface area contributed by atoms with Gasteiger partial charge in [0, 0.05) is 31.8 Å². The largest absolute Gasteiger partial charge is 0.374 e. The lowest BCUT2D eigenvalue weighted by atomic mass is 10.1. The molecule has 0 spiro atoms. The highest BCUT2D eigenvalue weighted by atomic mass is 16.5. The minimum Gasteiger partial charge on any atom is -0.374 e. The second-order valence-electron chi connectivity index (χ2n) is 9.17. The number of benzene rings is 2. The van der Waals surface area contributed by atoms with Gasteiger partial charge in [-0.1, -0.05) is 65.8 Å². The normalized spacial score (nSPS) is 18.7. The highest BCUT2D eigenvalue weighted by molar-refractivity contribution is 6.02. The third-order valence-corrected chi connectivity index (χ3v) is 6.42. The van der Waals surface area contributed by atoms with Crippen LogP contribution in [0, 0.1) is 12.8 Å². The SMILES string of the molecule is Cc1onc(-c2ccccc2)c1C(=O)N1CC(=O)N(Cc2ccccc2)C[C@@H](OCC2CC2)C1. The molecule has 7 heteroatoms. The predicted octanol–water partition coefficient (Wildman–Crippen LogP) is 3.93. The van der Waals surface area contributed by atoms with Gasteiger partial charge in [0.1, 0.15) is 23.6 Å². The van der Waals surface area contributed by atoms with Gasteiger partial charge in [-0.3, -0.25) is 9.59 Å². The molecule has 0 unspecified atom stereocenters. The van der Waals surface area contributed by atoms with Gasteiger partial charge < -0.3 is 19.1 Å². The molecule has 2 fully saturated rings. The second kappa shape index (κ2) is 9.81. The molecular weight excluding hydrogens is 430 g/mol.